The molecule has 0 radical (unpaired) electrons. The number of benzene rings is 2. The van der Waals surface area contributed by atoms with Crippen LogP contribution in [0, 0.1) is 5.92 Å². The summed E-state index contributed by atoms with van der Waals surface area (Å²) in [5.74, 6) is 1.66. The number of aliphatic hydroxyl groups excluding tert-OH is 1. The predicted octanol–water partition coefficient (Wildman–Crippen LogP) is 4.95. The van der Waals surface area contributed by atoms with Crippen LogP contribution < -0.4 is 4.90 Å². The molecule has 0 bridgehead atoms. The highest BCUT2D eigenvalue weighted by Gasteiger charge is 2.17. The summed E-state index contributed by atoms with van der Waals surface area (Å²) in [7, 11) is 0. The van der Waals surface area contributed by atoms with Crippen molar-refractivity contribution in [3.63, 3.8) is 0 Å². The summed E-state index contributed by atoms with van der Waals surface area (Å²) in [6.45, 7) is 8.52. The molecule has 2 aromatic carbocycles. The highest BCUT2D eigenvalue weighted by Crippen LogP contribution is 2.24. The largest absolute Gasteiger partial charge is 0.393 e. The van der Waals surface area contributed by atoms with E-state index in [4.69, 9.17) is 0 Å². The van der Waals surface area contributed by atoms with Gasteiger partial charge in [-0.3, -0.25) is 0 Å². The molecule has 0 aliphatic carbocycles. The van der Waals surface area contributed by atoms with Crippen molar-refractivity contribution in [2.75, 3.05) is 24.5 Å². The van der Waals surface area contributed by atoms with E-state index in [1.165, 1.54) is 16.8 Å². The van der Waals surface area contributed by atoms with Gasteiger partial charge < -0.3 is 10.0 Å². The third-order valence-corrected chi connectivity index (χ3v) is 6.06. The van der Waals surface area contributed by atoms with E-state index in [0.29, 0.717) is 5.92 Å². The molecule has 4 heteroatoms. The lowest BCUT2D eigenvalue weighted by Gasteiger charge is -2.31. The SMILES string of the molecule is CC(C)CN(Cc1ccc(N2CCC(O)CC2)cc1)SCc1ccccc1. The Kier molecular flexibility index (Phi) is 7.62. The van der Waals surface area contributed by atoms with Crippen molar-refractivity contribution in [2.45, 2.75) is 45.1 Å². The summed E-state index contributed by atoms with van der Waals surface area (Å²) < 4.78 is 2.49. The molecule has 1 aliphatic rings. The molecule has 1 N–H and O–H groups in total. The van der Waals surface area contributed by atoms with Gasteiger partial charge in [0.05, 0.1) is 6.10 Å². The Labute approximate surface area is 168 Å². The zero-order valence-electron chi connectivity index (χ0n) is 16.6. The summed E-state index contributed by atoms with van der Waals surface area (Å²) in [6, 6.07) is 19.7. The van der Waals surface area contributed by atoms with E-state index in [1.54, 1.807) is 0 Å². The smallest absolute Gasteiger partial charge is 0.0574 e. The Bertz CT molecular complexity index is 667. The number of hydrogen-bond acceptors (Lipinski definition) is 4. The molecule has 3 rings (SSSR count). The maximum Gasteiger partial charge on any atom is 0.0574 e. The molecular formula is C23H32N2OS. The standard InChI is InChI=1S/C23H32N2OS/c1-19(2)16-25(27-18-21-6-4-3-5-7-21)17-20-8-10-22(11-9-20)24-14-12-23(26)13-15-24/h3-11,19,23,26H,12-18H2,1-2H3. The van der Waals surface area contributed by atoms with Gasteiger partial charge >= 0.3 is 0 Å². The number of aliphatic hydroxyl groups is 1. The molecule has 3 nitrogen and oxygen atoms in total. The van der Waals surface area contributed by atoms with Crippen LogP contribution in [0.3, 0.4) is 0 Å². The summed E-state index contributed by atoms with van der Waals surface area (Å²) >= 11 is 1.93. The zero-order valence-corrected chi connectivity index (χ0v) is 17.4. The van der Waals surface area contributed by atoms with Crippen LogP contribution in [0.5, 0.6) is 0 Å². The highest BCUT2D eigenvalue weighted by atomic mass is 32.2. The van der Waals surface area contributed by atoms with Gasteiger partial charge in [-0.05, 0) is 42.0 Å². The predicted molar refractivity (Wildman–Crippen MR) is 117 cm³/mol. The molecule has 27 heavy (non-hydrogen) atoms. The summed E-state index contributed by atoms with van der Waals surface area (Å²) in [5.41, 5.74) is 4.01. The average molecular weight is 385 g/mol. The van der Waals surface area contributed by atoms with Crippen LogP contribution in [0.15, 0.2) is 54.6 Å². The maximum absolute atomic E-state index is 9.69. The van der Waals surface area contributed by atoms with E-state index in [0.717, 1.165) is 44.8 Å². The first-order chi connectivity index (χ1) is 13.1. The second-order valence-corrected chi connectivity index (χ2v) is 8.92. The van der Waals surface area contributed by atoms with Crippen molar-refractivity contribution in [1.29, 1.82) is 0 Å². The van der Waals surface area contributed by atoms with Gasteiger partial charge in [0.25, 0.3) is 0 Å². The fraction of sp³-hybridized carbons (Fsp3) is 0.478. The molecule has 1 aliphatic heterocycles. The number of hydrogen-bond donors (Lipinski definition) is 1. The molecule has 0 atom stereocenters. The van der Waals surface area contributed by atoms with E-state index in [1.807, 2.05) is 11.9 Å². The van der Waals surface area contributed by atoms with Gasteiger partial charge in [-0.1, -0.05) is 68.3 Å². The van der Waals surface area contributed by atoms with Crippen LogP contribution in [0.2, 0.25) is 0 Å². The monoisotopic (exact) mass is 384 g/mol. The quantitative estimate of drug-likeness (QED) is 0.651. The molecule has 0 aromatic heterocycles. The fourth-order valence-corrected chi connectivity index (χ4v) is 4.62. The van der Waals surface area contributed by atoms with E-state index >= 15 is 0 Å². The van der Waals surface area contributed by atoms with Gasteiger partial charge in [0.15, 0.2) is 0 Å². The van der Waals surface area contributed by atoms with Crippen molar-refractivity contribution < 1.29 is 5.11 Å². The minimum absolute atomic E-state index is 0.119. The molecule has 0 saturated carbocycles. The number of rotatable bonds is 8. The van der Waals surface area contributed by atoms with E-state index < -0.39 is 0 Å². The third-order valence-electron chi connectivity index (χ3n) is 4.95. The van der Waals surface area contributed by atoms with Crippen LogP contribution >= 0.6 is 11.9 Å². The molecule has 2 aromatic rings. The molecule has 1 fully saturated rings. The van der Waals surface area contributed by atoms with Crippen LogP contribution in [-0.4, -0.2) is 35.1 Å². The first-order valence-corrected chi connectivity index (χ1v) is 11.0. The van der Waals surface area contributed by atoms with Crippen molar-refractivity contribution in [3.05, 3.63) is 65.7 Å². The van der Waals surface area contributed by atoms with E-state index in [9.17, 15) is 5.11 Å². The Morgan fingerprint density at radius 3 is 2.30 bits per heavy atom. The first-order valence-electron chi connectivity index (χ1n) is 10.0. The lowest BCUT2D eigenvalue weighted by Crippen LogP contribution is -2.35. The summed E-state index contributed by atoms with van der Waals surface area (Å²) in [5, 5.41) is 9.69. The molecule has 146 valence electrons. The number of nitrogens with zero attached hydrogens (tertiary/aromatic N) is 2. The number of anilines is 1. The summed E-state index contributed by atoms with van der Waals surface area (Å²) in [6.07, 6.45) is 1.63. The van der Waals surface area contributed by atoms with Crippen LogP contribution in [0.25, 0.3) is 0 Å². The van der Waals surface area contributed by atoms with Crippen LogP contribution in [0.1, 0.15) is 37.8 Å². The third kappa shape index (κ3) is 6.56. The highest BCUT2D eigenvalue weighted by molar-refractivity contribution is 7.96. The van der Waals surface area contributed by atoms with E-state index in [-0.39, 0.29) is 6.10 Å². The minimum Gasteiger partial charge on any atom is -0.393 e. The van der Waals surface area contributed by atoms with Crippen molar-refractivity contribution in [2.24, 2.45) is 5.92 Å². The average Bonchev–Trinajstić information content (AvgIpc) is 2.68. The lowest BCUT2D eigenvalue weighted by atomic mass is 10.1. The van der Waals surface area contributed by atoms with E-state index in [2.05, 4.69) is 77.6 Å². The van der Waals surface area contributed by atoms with Gasteiger partial charge in [-0.2, -0.15) is 0 Å². The Morgan fingerprint density at radius 2 is 1.67 bits per heavy atom. The molecule has 0 spiro atoms. The Hall–Kier alpha value is -1.49. The molecule has 1 heterocycles. The Balaban J connectivity index is 1.57. The van der Waals surface area contributed by atoms with Crippen LogP contribution in [-0.2, 0) is 12.3 Å². The molecule has 1 saturated heterocycles. The first kappa shape index (κ1) is 20.2. The van der Waals surface area contributed by atoms with Gasteiger partial charge in [0.2, 0.25) is 0 Å². The summed E-state index contributed by atoms with van der Waals surface area (Å²) in [4.78, 5) is 2.38. The molecule has 0 amide bonds. The number of piperidine rings is 1. The fourth-order valence-electron chi connectivity index (χ4n) is 3.45. The normalized spacial score (nSPS) is 15.7. The van der Waals surface area contributed by atoms with Crippen molar-refractivity contribution in [3.8, 4) is 0 Å². The molecule has 0 unspecified atom stereocenters. The molecular weight excluding hydrogens is 352 g/mol. The van der Waals surface area contributed by atoms with Gasteiger partial charge in [-0.15, -0.1) is 0 Å². The van der Waals surface area contributed by atoms with Crippen molar-refractivity contribution in [1.82, 2.24) is 4.31 Å². The van der Waals surface area contributed by atoms with Gasteiger partial charge in [-0.25, -0.2) is 4.31 Å². The maximum atomic E-state index is 9.69. The van der Waals surface area contributed by atoms with Gasteiger partial charge in [0.1, 0.15) is 0 Å². The lowest BCUT2D eigenvalue weighted by molar-refractivity contribution is 0.145. The Morgan fingerprint density at radius 1 is 1.00 bits per heavy atom. The minimum atomic E-state index is -0.119. The second kappa shape index (κ2) is 10.2. The second-order valence-electron chi connectivity index (χ2n) is 7.86. The van der Waals surface area contributed by atoms with Crippen LogP contribution in [0.4, 0.5) is 5.69 Å². The van der Waals surface area contributed by atoms with Gasteiger partial charge in [0, 0.05) is 37.6 Å². The zero-order chi connectivity index (χ0) is 19.1. The topological polar surface area (TPSA) is 26.7 Å². The van der Waals surface area contributed by atoms with Crippen molar-refractivity contribution >= 4 is 17.6 Å².